The van der Waals surface area contributed by atoms with Crippen molar-refractivity contribution in [3.63, 3.8) is 0 Å². The van der Waals surface area contributed by atoms with E-state index in [9.17, 15) is 9.90 Å². The lowest BCUT2D eigenvalue weighted by Crippen LogP contribution is -2.48. The number of aromatic hydroxyl groups is 1. The molecule has 2 aromatic rings. The summed E-state index contributed by atoms with van der Waals surface area (Å²) in [6, 6.07) is 14.7. The van der Waals surface area contributed by atoms with Crippen LogP contribution in [0.5, 0.6) is 11.5 Å². The first kappa shape index (κ1) is 18.1. The fraction of sp³-hybridized carbons (Fsp3) is 0.350. The quantitative estimate of drug-likeness (QED) is 0.834. The predicted octanol–water partition coefficient (Wildman–Crippen LogP) is 2.55. The average molecular weight is 355 g/mol. The molecule has 6 nitrogen and oxygen atoms in total. The van der Waals surface area contributed by atoms with Gasteiger partial charge in [0.15, 0.2) is 0 Å². The standard InChI is InChI=1S/C20H25N3O3/c1-2-26-19-6-4-3-5-18(19)21-20(25)15-22-11-13-23(14-12-22)16-7-9-17(24)10-8-16/h3-10,24H,2,11-15H2,1H3,(H,21,25). The maximum atomic E-state index is 12.4. The molecule has 26 heavy (non-hydrogen) atoms. The van der Waals surface area contributed by atoms with Gasteiger partial charge in [0, 0.05) is 31.9 Å². The molecule has 2 N–H and O–H groups in total. The summed E-state index contributed by atoms with van der Waals surface area (Å²) < 4.78 is 5.55. The average Bonchev–Trinajstić information content (AvgIpc) is 2.65. The molecule has 1 amide bonds. The van der Waals surface area contributed by atoms with Crippen LogP contribution in [0.4, 0.5) is 11.4 Å². The number of para-hydroxylation sites is 2. The number of phenolic OH excluding ortho intramolecular Hbond substituents is 1. The lowest BCUT2D eigenvalue weighted by atomic mass is 10.2. The van der Waals surface area contributed by atoms with Gasteiger partial charge in [0.25, 0.3) is 0 Å². The van der Waals surface area contributed by atoms with Crippen LogP contribution in [0.15, 0.2) is 48.5 Å². The highest BCUT2D eigenvalue weighted by atomic mass is 16.5. The Morgan fingerprint density at radius 2 is 1.77 bits per heavy atom. The zero-order chi connectivity index (χ0) is 18.4. The zero-order valence-electron chi connectivity index (χ0n) is 15.0. The molecule has 1 aliphatic heterocycles. The number of carbonyl (C=O) groups excluding carboxylic acids is 1. The molecule has 0 aliphatic carbocycles. The van der Waals surface area contributed by atoms with E-state index in [1.807, 2.05) is 43.3 Å². The van der Waals surface area contributed by atoms with Gasteiger partial charge in [0.05, 0.1) is 18.8 Å². The van der Waals surface area contributed by atoms with Crippen LogP contribution in [0.1, 0.15) is 6.92 Å². The van der Waals surface area contributed by atoms with Crippen LogP contribution in [0.2, 0.25) is 0 Å². The van der Waals surface area contributed by atoms with Gasteiger partial charge in [0.2, 0.25) is 5.91 Å². The number of rotatable bonds is 6. The first-order valence-electron chi connectivity index (χ1n) is 8.93. The van der Waals surface area contributed by atoms with Gasteiger partial charge in [0.1, 0.15) is 11.5 Å². The first-order chi connectivity index (χ1) is 12.7. The van der Waals surface area contributed by atoms with Crippen molar-refractivity contribution in [3.05, 3.63) is 48.5 Å². The van der Waals surface area contributed by atoms with Crippen LogP contribution in [0.3, 0.4) is 0 Å². The summed E-state index contributed by atoms with van der Waals surface area (Å²) in [6.07, 6.45) is 0. The summed E-state index contributed by atoms with van der Waals surface area (Å²) in [5, 5.41) is 12.3. The van der Waals surface area contributed by atoms with Gasteiger partial charge >= 0.3 is 0 Å². The molecule has 6 heteroatoms. The third-order valence-electron chi connectivity index (χ3n) is 4.42. The molecule has 0 unspecified atom stereocenters. The van der Waals surface area contributed by atoms with E-state index in [0.29, 0.717) is 24.6 Å². The molecule has 1 heterocycles. The second-order valence-corrected chi connectivity index (χ2v) is 6.26. The summed E-state index contributed by atoms with van der Waals surface area (Å²) in [5.74, 6) is 0.937. The Labute approximate surface area is 154 Å². The van der Waals surface area contributed by atoms with Crippen molar-refractivity contribution in [1.82, 2.24) is 4.90 Å². The third-order valence-corrected chi connectivity index (χ3v) is 4.42. The molecule has 1 saturated heterocycles. The molecular formula is C20H25N3O3. The monoisotopic (exact) mass is 355 g/mol. The van der Waals surface area contributed by atoms with Crippen LogP contribution in [0, 0.1) is 0 Å². The molecule has 1 aliphatic rings. The number of amides is 1. The Balaban J connectivity index is 1.50. The van der Waals surface area contributed by atoms with Crippen LogP contribution in [-0.4, -0.2) is 55.2 Å². The number of anilines is 2. The Hall–Kier alpha value is -2.73. The lowest BCUT2D eigenvalue weighted by Gasteiger charge is -2.35. The highest BCUT2D eigenvalue weighted by Crippen LogP contribution is 2.24. The SMILES string of the molecule is CCOc1ccccc1NC(=O)CN1CCN(c2ccc(O)cc2)CC1. The number of hydrogen-bond donors (Lipinski definition) is 2. The van der Waals surface area contributed by atoms with E-state index in [0.717, 1.165) is 31.9 Å². The van der Waals surface area contributed by atoms with Crippen LogP contribution >= 0.6 is 0 Å². The highest BCUT2D eigenvalue weighted by molar-refractivity contribution is 5.93. The minimum Gasteiger partial charge on any atom is -0.508 e. The fourth-order valence-corrected chi connectivity index (χ4v) is 3.07. The fourth-order valence-electron chi connectivity index (χ4n) is 3.07. The summed E-state index contributed by atoms with van der Waals surface area (Å²) in [4.78, 5) is 16.8. The molecule has 2 aromatic carbocycles. The van der Waals surface area contributed by atoms with Gasteiger partial charge in [-0.25, -0.2) is 0 Å². The molecule has 0 radical (unpaired) electrons. The van der Waals surface area contributed by atoms with Crippen molar-refractivity contribution in [3.8, 4) is 11.5 Å². The number of hydrogen-bond acceptors (Lipinski definition) is 5. The van der Waals surface area contributed by atoms with Crippen LogP contribution < -0.4 is 15.0 Å². The maximum Gasteiger partial charge on any atom is 0.238 e. The van der Waals surface area contributed by atoms with Crippen molar-refractivity contribution >= 4 is 17.3 Å². The number of benzene rings is 2. The normalized spacial score (nSPS) is 14.9. The van der Waals surface area contributed by atoms with Gasteiger partial charge in [-0.1, -0.05) is 12.1 Å². The molecule has 0 bridgehead atoms. The number of piperazine rings is 1. The molecule has 0 saturated carbocycles. The summed E-state index contributed by atoms with van der Waals surface area (Å²) in [6.45, 7) is 6.20. The predicted molar refractivity (Wildman–Crippen MR) is 103 cm³/mol. The van der Waals surface area contributed by atoms with Crippen LogP contribution in [-0.2, 0) is 4.79 Å². The summed E-state index contributed by atoms with van der Waals surface area (Å²) in [5.41, 5.74) is 1.81. The van der Waals surface area contributed by atoms with Crippen molar-refractivity contribution in [2.75, 3.05) is 49.5 Å². The second-order valence-electron chi connectivity index (χ2n) is 6.26. The van der Waals surface area contributed by atoms with Gasteiger partial charge < -0.3 is 20.1 Å². The molecule has 3 rings (SSSR count). The van der Waals surface area contributed by atoms with Gasteiger partial charge in [-0.05, 0) is 43.3 Å². The molecule has 0 atom stereocenters. The van der Waals surface area contributed by atoms with E-state index >= 15 is 0 Å². The van der Waals surface area contributed by atoms with Gasteiger partial charge in [-0.15, -0.1) is 0 Å². The smallest absolute Gasteiger partial charge is 0.238 e. The summed E-state index contributed by atoms with van der Waals surface area (Å²) >= 11 is 0. The van der Waals surface area contributed by atoms with Crippen molar-refractivity contribution < 1.29 is 14.6 Å². The molecule has 138 valence electrons. The van der Waals surface area contributed by atoms with E-state index in [1.54, 1.807) is 12.1 Å². The maximum absolute atomic E-state index is 12.4. The summed E-state index contributed by atoms with van der Waals surface area (Å²) in [7, 11) is 0. The minimum atomic E-state index is -0.0322. The zero-order valence-corrected chi connectivity index (χ0v) is 15.0. The van der Waals surface area contributed by atoms with Gasteiger partial charge in [-0.2, -0.15) is 0 Å². The van der Waals surface area contributed by atoms with Crippen molar-refractivity contribution in [2.45, 2.75) is 6.92 Å². The number of nitrogens with one attached hydrogen (secondary N) is 1. The largest absolute Gasteiger partial charge is 0.508 e. The third kappa shape index (κ3) is 4.67. The number of ether oxygens (including phenoxy) is 1. The second kappa shape index (κ2) is 8.58. The Morgan fingerprint density at radius 1 is 1.08 bits per heavy atom. The molecule has 0 aromatic heterocycles. The highest BCUT2D eigenvalue weighted by Gasteiger charge is 2.19. The Kier molecular flexibility index (Phi) is 5.96. The number of nitrogens with zero attached hydrogens (tertiary/aromatic N) is 2. The van der Waals surface area contributed by atoms with Crippen LogP contribution in [0.25, 0.3) is 0 Å². The first-order valence-corrected chi connectivity index (χ1v) is 8.93. The number of phenols is 1. The Morgan fingerprint density at radius 3 is 2.46 bits per heavy atom. The van der Waals surface area contributed by atoms with Crippen molar-refractivity contribution in [2.24, 2.45) is 0 Å². The molecule has 1 fully saturated rings. The number of carbonyl (C=O) groups is 1. The van der Waals surface area contributed by atoms with E-state index in [4.69, 9.17) is 4.74 Å². The van der Waals surface area contributed by atoms with E-state index in [1.165, 1.54) is 0 Å². The molecular weight excluding hydrogens is 330 g/mol. The van der Waals surface area contributed by atoms with Gasteiger partial charge in [-0.3, -0.25) is 9.69 Å². The topological polar surface area (TPSA) is 65.0 Å². The molecule has 0 spiro atoms. The van der Waals surface area contributed by atoms with E-state index in [2.05, 4.69) is 15.1 Å². The van der Waals surface area contributed by atoms with E-state index in [-0.39, 0.29) is 11.7 Å². The Bertz CT molecular complexity index is 725. The van der Waals surface area contributed by atoms with Crippen molar-refractivity contribution in [1.29, 1.82) is 0 Å². The van der Waals surface area contributed by atoms with E-state index < -0.39 is 0 Å². The minimum absolute atomic E-state index is 0.0322. The lowest BCUT2D eigenvalue weighted by molar-refractivity contribution is -0.117.